The summed E-state index contributed by atoms with van der Waals surface area (Å²) in [6, 6.07) is 22.3. The molecule has 1 heterocycles. The predicted molar refractivity (Wildman–Crippen MR) is 134 cm³/mol. The van der Waals surface area contributed by atoms with Gasteiger partial charge in [0.05, 0.1) is 11.4 Å². The number of thioether (sulfide) groups is 1. The molecule has 3 aromatic rings. The van der Waals surface area contributed by atoms with Gasteiger partial charge in [0.1, 0.15) is 5.75 Å². The number of nitrogens with one attached hydrogen (secondary N) is 1. The van der Waals surface area contributed by atoms with Crippen LogP contribution in [0.2, 0.25) is 0 Å². The lowest BCUT2D eigenvalue weighted by Crippen LogP contribution is -2.27. The van der Waals surface area contributed by atoms with Gasteiger partial charge in [-0.1, -0.05) is 54.1 Å². The Labute approximate surface area is 202 Å². The highest BCUT2D eigenvalue weighted by molar-refractivity contribution is 8.18. The molecule has 4 rings (SSSR count). The van der Waals surface area contributed by atoms with E-state index in [1.807, 2.05) is 68.4 Å². The molecule has 1 aliphatic heterocycles. The second-order valence-electron chi connectivity index (χ2n) is 8.04. The average Bonchev–Trinajstić information content (AvgIpc) is 3.05. The van der Waals surface area contributed by atoms with E-state index >= 15 is 0 Å². The first-order valence-electron chi connectivity index (χ1n) is 10.8. The van der Waals surface area contributed by atoms with Gasteiger partial charge in [0.2, 0.25) is 0 Å². The minimum Gasteiger partial charge on any atom is -0.484 e. The van der Waals surface area contributed by atoms with Crippen molar-refractivity contribution in [1.82, 2.24) is 4.90 Å². The van der Waals surface area contributed by atoms with Crippen molar-refractivity contribution < 1.29 is 19.1 Å². The van der Waals surface area contributed by atoms with Gasteiger partial charge in [0.25, 0.3) is 17.1 Å². The smallest absolute Gasteiger partial charge is 0.293 e. The minimum atomic E-state index is -0.319. The van der Waals surface area contributed by atoms with E-state index in [2.05, 4.69) is 5.32 Å². The van der Waals surface area contributed by atoms with Crippen molar-refractivity contribution in [3.05, 3.63) is 100.0 Å². The molecule has 172 valence electrons. The molecule has 1 N–H and O–H groups in total. The fourth-order valence-electron chi connectivity index (χ4n) is 3.54. The molecule has 3 aromatic carbocycles. The Hall–Kier alpha value is -3.84. The third kappa shape index (κ3) is 5.94. The number of amides is 3. The van der Waals surface area contributed by atoms with E-state index < -0.39 is 0 Å². The number of carbonyl (C=O) groups excluding carboxylic acids is 3. The molecular formula is C27H24N2O4S. The van der Waals surface area contributed by atoms with Gasteiger partial charge in [0.15, 0.2) is 6.61 Å². The highest BCUT2D eigenvalue weighted by Gasteiger charge is 2.35. The number of benzene rings is 3. The van der Waals surface area contributed by atoms with Gasteiger partial charge in [0, 0.05) is 5.69 Å². The molecule has 1 saturated heterocycles. The molecule has 0 spiro atoms. The van der Waals surface area contributed by atoms with Crippen LogP contribution in [0.4, 0.5) is 10.5 Å². The number of hydrogen-bond donors (Lipinski definition) is 1. The van der Waals surface area contributed by atoms with E-state index in [0.717, 1.165) is 28.5 Å². The molecule has 1 aliphatic rings. The topological polar surface area (TPSA) is 75.7 Å². The Morgan fingerprint density at radius 2 is 1.71 bits per heavy atom. The standard InChI is InChI=1S/C27H24N2O4S/c1-18-6-3-9-21(12-18)16-29-26(31)24(34-27(29)32)15-20-8-5-11-23(14-20)33-17-25(30)28-22-10-4-7-19(2)13-22/h3-15H,16-17H2,1-2H3,(H,28,30)/b24-15-. The summed E-state index contributed by atoms with van der Waals surface area (Å²) in [6.45, 7) is 4.01. The van der Waals surface area contributed by atoms with Crippen molar-refractivity contribution in [2.24, 2.45) is 0 Å². The number of aryl methyl sites for hydroxylation is 2. The first kappa shape index (κ1) is 23.3. The highest BCUT2D eigenvalue weighted by Crippen LogP contribution is 2.33. The average molecular weight is 473 g/mol. The number of hydrogen-bond acceptors (Lipinski definition) is 5. The van der Waals surface area contributed by atoms with Crippen molar-refractivity contribution in [1.29, 1.82) is 0 Å². The summed E-state index contributed by atoms with van der Waals surface area (Å²) >= 11 is 0.920. The number of carbonyl (C=O) groups is 3. The maximum Gasteiger partial charge on any atom is 0.293 e. The van der Waals surface area contributed by atoms with Gasteiger partial charge in [-0.25, -0.2) is 0 Å². The van der Waals surface area contributed by atoms with Crippen molar-refractivity contribution in [2.45, 2.75) is 20.4 Å². The van der Waals surface area contributed by atoms with Crippen LogP contribution >= 0.6 is 11.8 Å². The van der Waals surface area contributed by atoms with Crippen LogP contribution in [0, 0.1) is 13.8 Å². The second-order valence-corrected chi connectivity index (χ2v) is 9.03. The van der Waals surface area contributed by atoms with E-state index in [1.165, 1.54) is 4.90 Å². The zero-order chi connectivity index (χ0) is 24.1. The molecule has 1 fully saturated rings. The maximum atomic E-state index is 12.8. The molecule has 0 radical (unpaired) electrons. The quantitative estimate of drug-likeness (QED) is 0.456. The third-order valence-electron chi connectivity index (χ3n) is 5.12. The van der Waals surface area contributed by atoms with Gasteiger partial charge >= 0.3 is 0 Å². The molecule has 34 heavy (non-hydrogen) atoms. The molecule has 6 nitrogen and oxygen atoms in total. The van der Waals surface area contributed by atoms with Crippen LogP contribution in [0.25, 0.3) is 6.08 Å². The van der Waals surface area contributed by atoms with Crippen LogP contribution in [0.3, 0.4) is 0 Å². The van der Waals surface area contributed by atoms with Crippen LogP contribution in [-0.2, 0) is 16.1 Å². The minimum absolute atomic E-state index is 0.148. The lowest BCUT2D eigenvalue weighted by atomic mass is 10.1. The highest BCUT2D eigenvalue weighted by atomic mass is 32.2. The summed E-state index contributed by atoms with van der Waals surface area (Å²) in [6.07, 6.45) is 1.67. The summed E-state index contributed by atoms with van der Waals surface area (Å²) in [7, 11) is 0. The monoisotopic (exact) mass is 472 g/mol. The number of nitrogens with zero attached hydrogens (tertiary/aromatic N) is 1. The number of ether oxygens (including phenoxy) is 1. The summed E-state index contributed by atoms with van der Waals surface area (Å²) in [5, 5.41) is 2.50. The van der Waals surface area contributed by atoms with Crippen molar-refractivity contribution >= 4 is 40.6 Å². The summed E-state index contributed by atoms with van der Waals surface area (Å²) in [5.41, 5.74) is 4.45. The number of imide groups is 1. The Bertz CT molecular complexity index is 1280. The SMILES string of the molecule is Cc1cccc(CN2C(=O)S/C(=C\c3cccc(OCC(=O)Nc4cccc(C)c4)c3)C2=O)c1. The molecule has 0 aliphatic carbocycles. The molecule has 0 atom stereocenters. The van der Waals surface area contributed by atoms with Gasteiger partial charge in [-0.2, -0.15) is 0 Å². The first-order valence-corrected chi connectivity index (χ1v) is 11.6. The Morgan fingerprint density at radius 3 is 2.47 bits per heavy atom. The molecular weight excluding hydrogens is 448 g/mol. The van der Waals surface area contributed by atoms with Crippen molar-refractivity contribution in [3.8, 4) is 5.75 Å². The summed E-state index contributed by atoms with van der Waals surface area (Å²) < 4.78 is 5.62. The fourth-order valence-corrected chi connectivity index (χ4v) is 4.38. The van der Waals surface area contributed by atoms with Crippen LogP contribution in [0.15, 0.2) is 77.7 Å². The molecule has 7 heteroatoms. The summed E-state index contributed by atoms with van der Waals surface area (Å²) in [4.78, 5) is 39.1. The Kier molecular flexibility index (Phi) is 7.13. The van der Waals surface area contributed by atoms with Gasteiger partial charge < -0.3 is 10.1 Å². The fraction of sp³-hybridized carbons (Fsp3) is 0.148. The van der Waals surface area contributed by atoms with E-state index in [0.29, 0.717) is 21.9 Å². The third-order valence-corrected chi connectivity index (χ3v) is 6.03. The summed E-state index contributed by atoms with van der Waals surface area (Å²) in [5.74, 6) is -0.0965. The second kappa shape index (κ2) is 10.4. The van der Waals surface area contributed by atoms with Crippen LogP contribution < -0.4 is 10.1 Å². The zero-order valence-electron chi connectivity index (χ0n) is 18.9. The van der Waals surface area contributed by atoms with Gasteiger partial charge in [-0.3, -0.25) is 19.3 Å². The van der Waals surface area contributed by atoms with Crippen molar-refractivity contribution in [3.63, 3.8) is 0 Å². The van der Waals surface area contributed by atoms with E-state index in [4.69, 9.17) is 4.74 Å². The van der Waals surface area contributed by atoms with Crippen molar-refractivity contribution in [2.75, 3.05) is 11.9 Å². The molecule has 0 saturated carbocycles. The first-order chi connectivity index (χ1) is 16.4. The van der Waals surface area contributed by atoms with Gasteiger partial charge in [-0.15, -0.1) is 0 Å². The zero-order valence-corrected chi connectivity index (χ0v) is 19.7. The lowest BCUT2D eigenvalue weighted by molar-refractivity contribution is -0.123. The Morgan fingerprint density at radius 1 is 0.971 bits per heavy atom. The molecule has 0 aromatic heterocycles. The molecule has 0 bridgehead atoms. The maximum absolute atomic E-state index is 12.8. The van der Waals surface area contributed by atoms with E-state index in [9.17, 15) is 14.4 Å². The van der Waals surface area contributed by atoms with Crippen LogP contribution in [-0.4, -0.2) is 28.6 Å². The normalized spacial score (nSPS) is 14.5. The van der Waals surface area contributed by atoms with E-state index in [-0.39, 0.29) is 30.2 Å². The van der Waals surface area contributed by atoms with Crippen LogP contribution in [0.1, 0.15) is 22.3 Å². The number of anilines is 1. The number of rotatable bonds is 7. The Balaban J connectivity index is 1.39. The van der Waals surface area contributed by atoms with E-state index in [1.54, 1.807) is 24.3 Å². The predicted octanol–water partition coefficient (Wildman–Crippen LogP) is 5.56. The molecule has 3 amide bonds. The largest absolute Gasteiger partial charge is 0.484 e. The molecule has 0 unspecified atom stereocenters. The van der Waals surface area contributed by atoms with Crippen LogP contribution in [0.5, 0.6) is 5.75 Å². The van der Waals surface area contributed by atoms with Gasteiger partial charge in [-0.05, 0) is 72.6 Å². The lowest BCUT2D eigenvalue weighted by Gasteiger charge is -2.12.